The minimum atomic E-state index is -0.977. The molecule has 1 saturated heterocycles. The number of fused-ring (bicyclic) bond motifs is 6. The van der Waals surface area contributed by atoms with E-state index in [1.165, 1.54) is 0 Å². The van der Waals surface area contributed by atoms with Crippen molar-refractivity contribution < 1.29 is 14.6 Å². The summed E-state index contributed by atoms with van der Waals surface area (Å²) in [4.78, 5) is 4.64. The summed E-state index contributed by atoms with van der Waals surface area (Å²) in [6.45, 7) is 1.22. The number of benzene rings is 2. The Bertz CT molecular complexity index is 874. The zero-order chi connectivity index (χ0) is 14.7. The number of phenolic OH excluding ortho intramolecular Hbond substituents is 1. The number of phenols is 1. The Kier molecular flexibility index (Phi) is 2.27. The second-order valence-corrected chi connectivity index (χ2v) is 5.72. The Balaban J connectivity index is 1.83. The molecule has 1 aromatic heterocycles. The molecule has 2 atom stereocenters. The molecule has 110 valence electrons. The van der Waals surface area contributed by atoms with Gasteiger partial charge in [0.05, 0.1) is 18.7 Å². The second-order valence-electron chi connectivity index (χ2n) is 5.72. The van der Waals surface area contributed by atoms with Crippen molar-refractivity contribution in [1.29, 1.82) is 0 Å². The van der Waals surface area contributed by atoms with E-state index in [4.69, 9.17) is 9.47 Å². The maximum Gasteiger partial charge on any atom is 0.256 e. The first kappa shape index (κ1) is 12.2. The van der Waals surface area contributed by atoms with Crippen LogP contribution in [0.5, 0.6) is 5.75 Å². The van der Waals surface area contributed by atoms with Crippen molar-refractivity contribution in [2.45, 2.75) is 18.4 Å². The molecular weight excluding hydrogens is 280 g/mol. The lowest BCUT2D eigenvalue weighted by atomic mass is 10.0. The zero-order valence-corrected chi connectivity index (χ0v) is 11.8. The number of aromatic hydroxyl groups is 1. The molecule has 0 saturated carbocycles. The molecule has 0 amide bonds. The van der Waals surface area contributed by atoms with Crippen molar-refractivity contribution in [3.8, 4) is 5.75 Å². The largest absolute Gasteiger partial charge is 0.506 e. The van der Waals surface area contributed by atoms with Gasteiger partial charge in [0, 0.05) is 5.56 Å². The van der Waals surface area contributed by atoms with E-state index in [0.29, 0.717) is 24.5 Å². The number of nitrogens with zero attached hydrogens (tertiary/aromatic N) is 2. The number of hydrogen-bond acceptors (Lipinski definition) is 4. The number of imidazole rings is 1. The van der Waals surface area contributed by atoms with Gasteiger partial charge in [-0.3, -0.25) is 0 Å². The molecule has 3 heterocycles. The van der Waals surface area contributed by atoms with E-state index in [9.17, 15) is 5.11 Å². The number of aromatic nitrogens is 2. The molecule has 1 fully saturated rings. The summed E-state index contributed by atoms with van der Waals surface area (Å²) in [5.74, 6) is -0.0993. The van der Waals surface area contributed by atoms with Crippen LogP contribution in [0.1, 0.15) is 11.4 Å². The van der Waals surface area contributed by atoms with Crippen LogP contribution in [0, 0.1) is 0 Å². The second kappa shape index (κ2) is 4.09. The van der Waals surface area contributed by atoms with E-state index in [-0.39, 0.29) is 11.9 Å². The SMILES string of the molecule is Oc1cccc2c1nc1n2CC2COC1(c1ccccc1)O2. The van der Waals surface area contributed by atoms with Crippen LogP contribution < -0.4 is 0 Å². The van der Waals surface area contributed by atoms with Crippen LogP contribution in [0.15, 0.2) is 48.5 Å². The molecule has 2 aliphatic rings. The molecule has 3 aromatic rings. The molecule has 5 rings (SSSR count). The molecule has 1 N–H and O–H groups in total. The van der Waals surface area contributed by atoms with Crippen LogP contribution >= 0.6 is 0 Å². The Morgan fingerprint density at radius 2 is 2.00 bits per heavy atom. The molecule has 2 bridgehead atoms. The van der Waals surface area contributed by atoms with Crippen LogP contribution in [0.25, 0.3) is 11.0 Å². The van der Waals surface area contributed by atoms with E-state index in [1.807, 2.05) is 42.5 Å². The van der Waals surface area contributed by atoms with Crippen LogP contribution in [0.4, 0.5) is 0 Å². The zero-order valence-electron chi connectivity index (χ0n) is 11.8. The van der Waals surface area contributed by atoms with Gasteiger partial charge in [0.2, 0.25) is 0 Å². The maximum absolute atomic E-state index is 10.1. The molecule has 0 spiro atoms. The number of rotatable bonds is 1. The van der Waals surface area contributed by atoms with E-state index < -0.39 is 5.79 Å². The third kappa shape index (κ3) is 1.42. The summed E-state index contributed by atoms with van der Waals surface area (Å²) in [5, 5.41) is 10.1. The number of hydrogen-bond donors (Lipinski definition) is 1. The van der Waals surface area contributed by atoms with Gasteiger partial charge in [0.1, 0.15) is 17.4 Å². The highest BCUT2D eigenvalue weighted by atomic mass is 16.7. The van der Waals surface area contributed by atoms with Crippen LogP contribution in [-0.2, 0) is 21.8 Å². The normalized spacial score (nSPS) is 26.3. The summed E-state index contributed by atoms with van der Waals surface area (Å²) in [5.41, 5.74) is 2.43. The van der Waals surface area contributed by atoms with Crippen molar-refractivity contribution in [1.82, 2.24) is 9.55 Å². The van der Waals surface area contributed by atoms with Crippen molar-refractivity contribution >= 4 is 11.0 Å². The van der Waals surface area contributed by atoms with Gasteiger partial charge in [-0.25, -0.2) is 4.98 Å². The molecule has 2 unspecified atom stereocenters. The van der Waals surface area contributed by atoms with Crippen LogP contribution in [0.3, 0.4) is 0 Å². The number of para-hydroxylation sites is 1. The van der Waals surface area contributed by atoms with Gasteiger partial charge in [-0.05, 0) is 12.1 Å². The minimum absolute atomic E-state index is 0.00699. The van der Waals surface area contributed by atoms with Crippen molar-refractivity contribution in [2.24, 2.45) is 0 Å². The average Bonchev–Trinajstić information content (AvgIpc) is 3.11. The lowest BCUT2D eigenvalue weighted by molar-refractivity contribution is -0.162. The first-order chi connectivity index (χ1) is 10.8. The third-order valence-corrected chi connectivity index (χ3v) is 4.40. The smallest absolute Gasteiger partial charge is 0.256 e. The standard InChI is InChI=1S/C17H14N2O3/c20-14-8-4-7-13-15(14)18-16-17(11-5-2-1-3-6-11)21-10-12(22-17)9-19(13)16/h1-8,12,20H,9-10H2. The lowest BCUT2D eigenvalue weighted by Gasteiger charge is -2.32. The Morgan fingerprint density at radius 3 is 2.86 bits per heavy atom. The summed E-state index contributed by atoms with van der Waals surface area (Å²) in [6.07, 6.45) is -0.00699. The predicted molar refractivity (Wildman–Crippen MR) is 79.4 cm³/mol. The Labute approximate surface area is 126 Å². The van der Waals surface area contributed by atoms with Gasteiger partial charge >= 0.3 is 0 Å². The average molecular weight is 294 g/mol. The van der Waals surface area contributed by atoms with Crippen molar-refractivity contribution in [3.63, 3.8) is 0 Å². The first-order valence-electron chi connectivity index (χ1n) is 7.34. The Hall–Kier alpha value is -2.37. The molecular formula is C17H14N2O3. The van der Waals surface area contributed by atoms with Crippen LogP contribution in [0.2, 0.25) is 0 Å². The van der Waals surface area contributed by atoms with E-state index in [1.54, 1.807) is 6.07 Å². The summed E-state index contributed by atoms with van der Waals surface area (Å²) >= 11 is 0. The molecule has 2 aliphatic heterocycles. The van der Waals surface area contributed by atoms with Gasteiger partial charge in [0.25, 0.3) is 5.79 Å². The fourth-order valence-electron chi connectivity index (χ4n) is 3.43. The quantitative estimate of drug-likeness (QED) is 0.748. The van der Waals surface area contributed by atoms with E-state index in [0.717, 1.165) is 11.1 Å². The highest BCUT2D eigenvalue weighted by Gasteiger charge is 2.52. The molecule has 0 radical (unpaired) electrons. The number of ether oxygens (including phenoxy) is 2. The molecule has 0 aliphatic carbocycles. The summed E-state index contributed by atoms with van der Waals surface area (Å²) in [7, 11) is 0. The molecule has 5 heteroatoms. The minimum Gasteiger partial charge on any atom is -0.506 e. The Morgan fingerprint density at radius 1 is 1.14 bits per heavy atom. The van der Waals surface area contributed by atoms with Crippen LogP contribution in [-0.4, -0.2) is 27.4 Å². The van der Waals surface area contributed by atoms with Gasteiger partial charge < -0.3 is 19.1 Å². The lowest BCUT2D eigenvalue weighted by Crippen LogP contribution is -2.38. The molecule has 22 heavy (non-hydrogen) atoms. The van der Waals surface area contributed by atoms with Gasteiger partial charge in [-0.15, -0.1) is 0 Å². The van der Waals surface area contributed by atoms with E-state index in [2.05, 4.69) is 9.55 Å². The fourth-order valence-corrected chi connectivity index (χ4v) is 3.43. The monoisotopic (exact) mass is 294 g/mol. The predicted octanol–water partition coefficient (Wildman–Crippen LogP) is 2.37. The first-order valence-corrected chi connectivity index (χ1v) is 7.34. The highest BCUT2D eigenvalue weighted by Crippen LogP contribution is 2.45. The van der Waals surface area contributed by atoms with Gasteiger partial charge in [-0.2, -0.15) is 0 Å². The molecule has 2 aromatic carbocycles. The van der Waals surface area contributed by atoms with Crippen molar-refractivity contribution in [2.75, 3.05) is 6.61 Å². The maximum atomic E-state index is 10.1. The van der Waals surface area contributed by atoms with Gasteiger partial charge in [-0.1, -0.05) is 36.4 Å². The van der Waals surface area contributed by atoms with E-state index >= 15 is 0 Å². The van der Waals surface area contributed by atoms with Crippen molar-refractivity contribution in [3.05, 3.63) is 59.9 Å². The molecule has 5 nitrogen and oxygen atoms in total. The summed E-state index contributed by atoms with van der Waals surface area (Å²) in [6, 6.07) is 15.3. The van der Waals surface area contributed by atoms with Gasteiger partial charge in [0.15, 0.2) is 5.82 Å². The third-order valence-electron chi connectivity index (χ3n) is 4.40. The summed E-state index contributed by atoms with van der Waals surface area (Å²) < 4.78 is 14.3. The topological polar surface area (TPSA) is 56.5 Å². The fraction of sp³-hybridized carbons (Fsp3) is 0.235. The highest BCUT2D eigenvalue weighted by molar-refractivity contribution is 5.82.